The van der Waals surface area contributed by atoms with E-state index in [4.69, 9.17) is 54.0 Å². The van der Waals surface area contributed by atoms with Crippen LogP contribution in [0.4, 0.5) is 11.4 Å². The molecule has 2 aromatic rings. The van der Waals surface area contributed by atoms with E-state index in [1.165, 1.54) is 12.4 Å². The lowest BCUT2D eigenvalue weighted by Crippen LogP contribution is -2.61. The second-order valence-corrected chi connectivity index (χ2v) is 7.96. The molecule has 1 aliphatic carbocycles. The first-order chi connectivity index (χ1) is 17.1. The van der Waals surface area contributed by atoms with Crippen LogP contribution < -0.4 is 53.7 Å². The van der Waals surface area contributed by atoms with E-state index < -0.39 is 24.3 Å². The Balaban J connectivity index is 1.79. The zero-order chi connectivity index (χ0) is 26.2. The molecule has 1 aliphatic rings. The van der Waals surface area contributed by atoms with Crippen LogP contribution in [0.5, 0.6) is 11.8 Å². The SMILES string of the molecule is N=C(N)Nc1ccc(O[C@H]2C[C@@H](Oc3ccc(NC(=N)N)cn3)[C@H](NC(=N)N)C[C@@H]2NC(=N)N)nc1. The standard InChI is InChI=1S/C20H30N14O2/c21-17(22)31-9-1-3-15(29-7-9)35-13-6-14(12(34-20(27)28)5-11(13)33-19(25)26)36-16-4-2-10(8-30-16)32-18(23)24/h1-4,7-8,11-14H,5-6H2,(H4,21,22,31)(H4,23,24,32)(H4,25,26,33)(H4,27,28,34)/t11-,12+,13-,14+. The normalized spacial score (nSPS) is 20.9. The van der Waals surface area contributed by atoms with Gasteiger partial charge < -0.3 is 53.7 Å². The molecule has 0 aromatic carbocycles. The molecule has 2 aromatic heterocycles. The molecule has 0 spiro atoms. The van der Waals surface area contributed by atoms with Crippen molar-refractivity contribution in [1.82, 2.24) is 20.6 Å². The van der Waals surface area contributed by atoms with E-state index in [9.17, 15) is 0 Å². The molecule has 1 fully saturated rings. The third kappa shape index (κ3) is 7.51. The number of nitrogens with two attached hydrogens (primary N) is 4. The van der Waals surface area contributed by atoms with Gasteiger partial charge in [0, 0.05) is 18.6 Å². The number of pyridine rings is 2. The molecule has 0 radical (unpaired) electrons. The third-order valence-electron chi connectivity index (χ3n) is 5.13. The van der Waals surface area contributed by atoms with Crippen LogP contribution in [-0.2, 0) is 0 Å². The maximum absolute atomic E-state index is 7.70. The summed E-state index contributed by atoms with van der Waals surface area (Å²) in [5.41, 5.74) is 22.9. The summed E-state index contributed by atoms with van der Waals surface area (Å²) >= 11 is 0. The van der Waals surface area contributed by atoms with Crippen LogP contribution in [0.2, 0.25) is 0 Å². The average molecular weight is 499 g/mol. The van der Waals surface area contributed by atoms with Crippen LogP contribution in [0.1, 0.15) is 12.8 Å². The Morgan fingerprint density at radius 2 is 1.08 bits per heavy atom. The third-order valence-corrected chi connectivity index (χ3v) is 5.13. The first kappa shape index (κ1) is 25.6. The Bertz CT molecular complexity index is 1010. The minimum Gasteiger partial charge on any atom is -0.472 e. The Kier molecular flexibility index (Phi) is 8.11. The van der Waals surface area contributed by atoms with Crippen molar-refractivity contribution in [1.29, 1.82) is 21.6 Å². The molecule has 4 atom stereocenters. The van der Waals surface area contributed by atoms with Crippen molar-refractivity contribution in [2.45, 2.75) is 37.1 Å². The van der Waals surface area contributed by atoms with Crippen molar-refractivity contribution in [2.24, 2.45) is 22.9 Å². The summed E-state index contributed by atoms with van der Waals surface area (Å²) in [7, 11) is 0. The molecule has 1 saturated carbocycles. The fraction of sp³-hybridized carbons (Fsp3) is 0.300. The number of nitrogens with one attached hydrogen (secondary N) is 8. The van der Waals surface area contributed by atoms with Crippen molar-refractivity contribution in [2.75, 3.05) is 10.6 Å². The summed E-state index contributed by atoms with van der Waals surface area (Å²) in [5, 5.41) is 41.1. The molecule has 16 heteroatoms. The summed E-state index contributed by atoms with van der Waals surface area (Å²) in [5.74, 6) is -0.298. The van der Waals surface area contributed by atoms with Crippen LogP contribution in [0.15, 0.2) is 36.7 Å². The van der Waals surface area contributed by atoms with Gasteiger partial charge >= 0.3 is 0 Å². The topological polar surface area (TPSA) is 292 Å². The van der Waals surface area contributed by atoms with Gasteiger partial charge in [0.2, 0.25) is 11.8 Å². The molecular weight excluding hydrogens is 468 g/mol. The highest BCUT2D eigenvalue weighted by atomic mass is 16.5. The van der Waals surface area contributed by atoms with Crippen LogP contribution in [0, 0.1) is 21.6 Å². The van der Waals surface area contributed by atoms with E-state index in [0.717, 1.165) is 0 Å². The number of hydrogen-bond donors (Lipinski definition) is 12. The predicted octanol–water partition coefficient (Wildman–Crippen LogP) is -1.22. The van der Waals surface area contributed by atoms with Gasteiger partial charge in [0.25, 0.3) is 0 Å². The highest BCUT2D eigenvalue weighted by Crippen LogP contribution is 2.28. The van der Waals surface area contributed by atoms with E-state index in [0.29, 0.717) is 36.0 Å². The van der Waals surface area contributed by atoms with Gasteiger partial charge in [0.1, 0.15) is 12.2 Å². The van der Waals surface area contributed by atoms with E-state index >= 15 is 0 Å². The monoisotopic (exact) mass is 498 g/mol. The lowest BCUT2D eigenvalue weighted by atomic mass is 9.85. The number of ether oxygens (including phenoxy) is 2. The van der Waals surface area contributed by atoms with Crippen molar-refractivity contribution < 1.29 is 9.47 Å². The second-order valence-electron chi connectivity index (χ2n) is 7.96. The molecular formula is C20H30N14O2. The molecule has 3 rings (SSSR count). The maximum Gasteiger partial charge on any atom is 0.213 e. The van der Waals surface area contributed by atoms with Gasteiger partial charge in [-0.1, -0.05) is 0 Å². The largest absolute Gasteiger partial charge is 0.472 e. The molecule has 16 nitrogen and oxygen atoms in total. The van der Waals surface area contributed by atoms with Gasteiger partial charge in [-0.3, -0.25) is 21.6 Å². The first-order valence-corrected chi connectivity index (χ1v) is 10.8. The maximum atomic E-state index is 7.70. The first-order valence-electron chi connectivity index (χ1n) is 10.8. The average Bonchev–Trinajstić information content (AvgIpc) is 2.77. The predicted molar refractivity (Wildman–Crippen MR) is 135 cm³/mol. The van der Waals surface area contributed by atoms with Crippen molar-refractivity contribution in [3.8, 4) is 11.8 Å². The van der Waals surface area contributed by atoms with Gasteiger partial charge in [0.05, 0.1) is 35.9 Å². The minimum absolute atomic E-state index is 0.216. The van der Waals surface area contributed by atoms with E-state index in [-0.39, 0.29) is 23.8 Å². The molecule has 36 heavy (non-hydrogen) atoms. The Hall–Kier alpha value is -5.02. The summed E-state index contributed by atoms with van der Waals surface area (Å²) in [4.78, 5) is 8.48. The van der Waals surface area contributed by atoms with Crippen LogP contribution in [-0.4, -0.2) is 58.1 Å². The molecule has 2 heterocycles. The zero-order valence-electron chi connectivity index (χ0n) is 19.2. The number of anilines is 2. The van der Waals surface area contributed by atoms with Crippen molar-refractivity contribution in [3.05, 3.63) is 36.7 Å². The number of aromatic nitrogens is 2. The number of nitrogens with zero attached hydrogens (tertiary/aromatic N) is 2. The van der Waals surface area contributed by atoms with Gasteiger partial charge in [-0.15, -0.1) is 0 Å². The molecule has 0 bridgehead atoms. The summed E-state index contributed by atoms with van der Waals surface area (Å²) < 4.78 is 12.2. The molecule has 16 N–H and O–H groups in total. The van der Waals surface area contributed by atoms with E-state index in [1.54, 1.807) is 24.3 Å². The molecule has 0 unspecified atom stereocenters. The fourth-order valence-corrected chi connectivity index (χ4v) is 3.77. The van der Waals surface area contributed by atoms with Gasteiger partial charge in [-0.25, -0.2) is 9.97 Å². The quantitative estimate of drug-likeness (QED) is 0.150. The summed E-state index contributed by atoms with van der Waals surface area (Å²) in [6.45, 7) is 0. The van der Waals surface area contributed by atoms with Crippen molar-refractivity contribution in [3.63, 3.8) is 0 Å². The molecule has 0 amide bonds. The van der Waals surface area contributed by atoms with Gasteiger partial charge in [-0.2, -0.15) is 0 Å². The Labute approximate surface area is 206 Å². The van der Waals surface area contributed by atoms with Crippen LogP contribution >= 0.6 is 0 Å². The van der Waals surface area contributed by atoms with Crippen LogP contribution in [0.3, 0.4) is 0 Å². The highest BCUT2D eigenvalue weighted by Gasteiger charge is 2.41. The number of rotatable bonds is 8. The van der Waals surface area contributed by atoms with Crippen molar-refractivity contribution >= 4 is 35.2 Å². The van der Waals surface area contributed by atoms with Gasteiger partial charge in [0.15, 0.2) is 23.8 Å². The Morgan fingerprint density at radius 1 is 0.667 bits per heavy atom. The lowest BCUT2D eigenvalue weighted by Gasteiger charge is -2.41. The number of guanidine groups is 4. The van der Waals surface area contributed by atoms with E-state index in [1.807, 2.05) is 0 Å². The number of hydrogen-bond acceptors (Lipinski definition) is 8. The summed E-state index contributed by atoms with van der Waals surface area (Å²) in [6, 6.07) is 5.71. The molecule has 0 saturated heterocycles. The highest BCUT2D eigenvalue weighted by molar-refractivity contribution is 5.90. The molecule has 192 valence electrons. The van der Waals surface area contributed by atoms with Gasteiger partial charge in [-0.05, 0) is 18.6 Å². The summed E-state index contributed by atoms with van der Waals surface area (Å²) in [6.07, 6.45) is 2.55. The lowest BCUT2D eigenvalue weighted by molar-refractivity contribution is 0.0256. The second kappa shape index (κ2) is 11.4. The Morgan fingerprint density at radius 3 is 1.39 bits per heavy atom. The smallest absolute Gasteiger partial charge is 0.213 e. The fourth-order valence-electron chi connectivity index (χ4n) is 3.77. The van der Waals surface area contributed by atoms with E-state index in [2.05, 4.69) is 31.2 Å². The minimum atomic E-state index is -0.526. The molecule has 0 aliphatic heterocycles. The zero-order valence-corrected chi connectivity index (χ0v) is 19.2. The van der Waals surface area contributed by atoms with Crippen LogP contribution in [0.25, 0.3) is 0 Å².